The van der Waals surface area contributed by atoms with Gasteiger partial charge in [-0.15, -0.1) is 0 Å². The minimum atomic E-state index is 0.529. The molecule has 0 aromatic heterocycles. The molecule has 7 rings (SSSR count). The average molecular weight is 667 g/mol. The van der Waals surface area contributed by atoms with Gasteiger partial charge in [0.25, 0.3) is 0 Å². The Hall–Kier alpha value is -7.40. The van der Waals surface area contributed by atoms with E-state index >= 15 is 0 Å². The maximum absolute atomic E-state index is 10.1. The van der Waals surface area contributed by atoms with Gasteiger partial charge in [0.2, 0.25) is 0 Å². The molecule has 0 aliphatic carbocycles. The molecule has 246 valence electrons. The molecule has 4 nitrogen and oxygen atoms in total. The van der Waals surface area contributed by atoms with Crippen LogP contribution in [0.15, 0.2) is 194 Å². The largest absolute Gasteiger partial charge is 0.311 e. The van der Waals surface area contributed by atoms with Crippen molar-refractivity contribution in [1.29, 1.82) is 5.26 Å². The standard InChI is InChI=1S/C48H34N4/c1-50-48(35-38-24-32-47(33-25-38)52(44-18-10-4-11-19-44)45-20-12-5-13-21-45)40-28-26-39(27-29-40)41(36-49)34-37-22-30-46(31-23-37)51(42-14-6-2-7-15-42)43-16-8-3-9-17-43/h2-35H/b41-34+,48-35-. The highest BCUT2D eigenvalue weighted by Crippen LogP contribution is 2.36. The van der Waals surface area contributed by atoms with Crippen molar-refractivity contribution in [3.05, 3.63) is 228 Å². The Kier molecular flexibility index (Phi) is 10.1. The molecule has 0 spiro atoms. The molecule has 0 saturated carbocycles. The van der Waals surface area contributed by atoms with E-state index in [4.69, 9.17) is 6.57 Å². The number of anilines is 6. The van der Waals surface area contributed by atoms with E-state index in [2.05, 4.69) is 93.5 Å². The van der Waals surface area contributed by atoms with Crippen molar-refractivity contribution < 1.29 is 0 Å². The Balaban J connectivity index is 1.10. The Morgan fingerprint density at radius 3 is 1.10 bits per heavy atom. The number of rotatable bonds is 10. The Morgan fingerprint density at radius 1 is 0.423 bits per heavy atom. The van der Waals surface area contributed by atoms with Gasteiger partial charge >= 0.3 is 0 Å². The number of hydrogen-bond donors (Lipinski definition) is 0. The second-order valence-electron chi connectivity index (χ2n) is 12.1. The number of nitriles is 1. The van der Waals surface area contributed by atoms with Crippen LogP contribution >= 0.6 is 0 Å². The summed E-state index contributed by atoms with van der Waals surface area (Å²) in [6, 6.07) is 67.5. The van der Waals surface area contributed by atoms with Gasteiger partial charge < -0.3 is 9.80 Å². The third-order valence-electron chi connectivity index (χ3n) is 8.71. The fraction of sp³-hybridized carbons (Fsp3) is 0. The van der Waals surface area contributed by atoms with Gasteiger partial charge in [-0.1, -0.05) is 121 Å². The van der Waals surface area contributed by atoms with E-state index in [-0.39, 0.29) is 0 Å². The first-order valence-corrected chi connectivity index (χ1v) is 17.0. The molecule has 7 aromatic rings. The summed E-state index contributed by atoms with van der Waals surface area (Å²) < 4.78 is 0. The third-order valence-corrected chi connectivity index (χ3v) is 8.71. The van der Waals surface area contributed by atoms with Crippen molar-refractivity contribution in [3.63, 3.8) is 0 Å². The molecule has 0 radical (unpaired) electrons. The van der Waals surface area contributed by atoms with Gasteiger partial charge in [-0.3, -0.25) is 0 Å². The SMILES string of the molecule is [C-]#[N+]/C(=C\c1ccc(N(c2ccccc2)c2ccccc2)cc1)c1ccc(/C(C#N)=C/c2ccc(N(c3ccccc3)c3ccccc3)cc2)cc1. The lowest BCUT2D eigenvalue weighted by Gasteiger charge is -2.25. The fourth-order valence-electron chi connectivity index (χ4n) is 6.15. The van der Waals surface area contributed by atoms with Gasteiger partial charge in [0.1, 0.15) is 0 Å². The van der Waals surface area contributed by atoms with Crippen LogP contribution in [0.25, 0.3) is 28.3 Å². The highest BCUT2D eigenvalue weighted by molar-refractivity contribution is 5.91. The van der Waals surface area contributed by atoms with E-state index in [0.29, 0.717) is 11.3 Å². The summed E-state index contributed by atoms with van der Waals surface area (Å²) in [6.07, 6.45) is 3.80. The van der Waals surface area contributed by atoms with Crippen LogP contribution in [0.5, 0.6) is 0 Å². The number of allylic oxidation sites excluding steroid dienone is 1. The minimum absolute atomic E-state index is 0.529. The van der Waals surface area contributed by atoms with E-state index in [1.54, 1.807) is 0 Å². The Bertz CT molecular complexity index is 2120. The van der Waals surface area contributed by atoms with E-state index in [0.717, 1.165) is 56.4 Å². The molecule has 0 aliphatic rings. The predicted octanol–water partition coefficient (Wildman–Crippen LogP) is 13.1. The zero-order chi connectivity index (χ0) is 35.5. The zero-order valence-corrected chi connectivity index (χ0v) is 28.4. The molecule has 0 atom stereocenters. The van der Waals surface area contributed by atoms with Crippen LogP contribution in [0, 0.1) is 17.9 Å². The summed E-state index contributed by atoms with van der Waals surface area (Å²) in [5.74, 6) is 0. The topological polar surface area (TPSA) is 34.6 Å². The molecule has 0 N–H and O–H groups in total. The van der Waals surface area contributed by atoms with Gasteiger partial charge in [0.15, 0.2) is 5.70 Å². The molecule has 52 heavy (non-hydrogen) atoms. The molecule has 7 aromatic carbocycles. The quantitative estimate of drug-likeness (QED) is 0.0828. The summed E-state index contributed by atoms with van der Waals surface area (Å²) in [7, 11) is 0. The van der Waals surface area contributed by atoms with E-state index < -0.39 is 0 Å². The fourth-order valence-corrected chi connectivity index (χ4v) is 6.15. The lowest BCUT2D eigenvalue weighted by atomic mass is 10.0. The average Bonchev–Trinajstić information content (AvgIpc) is 3.22. The first-order chi connectivity index (χ1) is 25.7. The molecule has 0 fully saturated rings. The lowest BCUT2D eigenvalue weighted by Crippen LogP contribution is -2.09. The highest BCUT2D eigenvalue weighted by atomic mass is 15.1. The summed E-state index contributed by atoms with van der Waals surface area (Å²) in [6.45, 7) is 7.94. The zero-order valence-electron chi connectivity index (χ0n) is 28.4. The molecule has 0 amide bonds. The molecule has 0 unspecified atom stereocenters. The van der Waals surface area contributed by atoms with Gasteiger partial charge in [-0.05, 0) is 107 Å². The Labute approximate surface area is 305 Å². The van der Waals surface area contributed by atoms with Crippen LogP contribution in [0.2, 0.25) is 0 Å². The predicted molar refractivity (Wildman–Crippen MR) is 217 cm³/mol. The van der Waals surface area contributed by atoms with E-state index in [1.165, 1.54) is 0 Å². The van der Waals surface area contributed by atoms with Crippen molar-refractivity contribution in [2.75, 3.05) is 9.80 Å². The number of hydrogen-bond acceptors (Lipinski definition) is 3. The third kappa shape index (κ3) is 7.58. The summed E-state index contributed by atoms with van der Waals surface area (Å²) >= 11 is 0. The van der Waals surface area contributed by atoms with Crippen LogP contribution < -0.4 is 9.80 Å². The maximum Gasteiger partial charge on any atom is 0.194 e. The van der Waals surface area contributed by atoms with Crippen molar-refractivity contribution in [2.24, 2.45) is 0 Å². The Morgan fingerprint density at radius 2 is 0.750 bits per heavy atom. The molecule has 4 heteroatoms. The molecule has 0 saturated heterocycles. The first kappa shape index (κ1) is 33.1. The lowest BCUT2D eigenvalue weighted by molar-refractivity contribution is 1.28. The minimum Gasteiger partial charge on any atom is -0.311 e. The summed E-state index contributed by atoms with van der Waals surface area (Å²) in [5.41, 5.74) is 10.8. The van der Waals surface area contributed by atoms with Crippen LogP contribution in [0.4, 0.5) is 34.1 Å². The van der Waals surface area contributed by atoms with Crippen molar-refractivity contribution in [1.82, 2.24) is 0 Å². The number of nitrogens with zero attached hydrogens (tertiary/aromatic N) is 4. The smallest absolute Gasteiger partial charge is 0.194 e. The van der Waals surface area contributed by atoms with E-state index in [1.807, 2.05) is 133 Å². The molecular formula is C48H34N4. The van der Waals surface area contributed by atoms with Crippen LogP contribution in [0.3, 0.4) is 0 Å². The number of benzene rings is 7. The normalized spacial score (nSPS) is 11.3. The van der Waals surface area contributed by atoms with Gasteiger partial charge in [0, 0.05) is 34.1 Å². The molecule has 0 heterocycles. The van der Waals surface area contributed by atoms with Crippen LogP contribution in [-0.2, 0) is 0 Å². The second-order valence-corrected chi connectivity index (χ2v) is 12.1. The second kappa shape index (κ2) is 15.9. The van der Waals surface area contributed by atoms with Crippen molar-refractivity contribution in [3.8, 4) is 6.07 Å². The van der Waals surface area contributed by atoms with Crippen molar-refractivity contribution in [2.45, 2.75) is 0 Å². The van der Waals surface area contributed by atoms with Gasteiger partial charge in [0.05, 0.1) is 18.2 Å². The first-order valence-electron chi connectivity index (χ1n) is 17.0. The van der Waals surface area contributed by atoms with Crippen molar-refractivity contribution >= 4 is 57.5 Å². The number of para-hydroxylation sites is 4. The summed E-state index contributed by atoms with van der Waals surface area (Å²) in [4.78, 5) is 8.27. The van der Waals surface area contributed by atoms with Gasteiger partial charge in [-0.25, -0.2) is 4.85 Å². The van der Waals surface area contributed by atoms with Crippen LogP contribution in [-0.4, -0.2) is 0 Å². The molecule has 0 aliphatic heterocycles. The maximum atomic E-state index is 10.1. The monoisotopic (exact) mass is 666 g/mol. The van der Waals surface area contributed by atoms with E-state index in [9.17, 15) is 5.26 Å². The molecular weight excluding hydrogens is 633 g/mol. The summed E-state index contributed by atoms with van der Waals surface area (Å²) in [5, 5.41) is 10.1. The van der Waals surface area contributed by atoms with Gasteiger partial charge in [-0.2, -0.15) is 5.26 Å². The highest BCUT2D eigenvalue weighted by Gasteiger charge is 2.13. The molecule has 0 bridgehead atoms. The van der Waals surface area contributed by atoms with Crippen LogP contribution in [0.1, 0.15) is 22.3 Å².